The molecule has 0 saturated heterocycles. The summed E-state index contributed by atoms with van der Waals surface area (Å²) >= 11 is 0. The number of nitrogens with one attached hydrogen (secondary N) is 1. The SMILES string of the molecule is CN(C)C(CNC(=O)C1CC1C(=O)O)c1ccco1. The standard InChI is InChI=1S/C13H18N2O4/c1-15(2)10(11-4-3-5-19-11)7-14-12(16)8-6-9(8)13(17)18/h3-5,8-10H,6-7H2,1-2H3,(H,14,16)(H,17,18). The van der Waals surface area contributed by atoms with Crippen LogP contribution in [0.15, 0.2) is 22.8 Å². The van der Waals surface area contributed by atoms with Crippen molar-refractivity contribution >= 4 is 11.9 Å². The molecule has 19 heavy (non-hydrogen) atoms. The number of likely N-dealkylation sites (N-methyl/N-ethyl adjacent to an activating group) is 1. The average Bonchev–Trinajstić information content (AvgIpc) is 2.99. The number of hydrogen-bond donors (Lipinski definition) is 2. The topological polar surface area (TPSA) is 82.8 Å². The second-order valence-corrected chi connectivity index (χ2v) is 5.03. The predicted molar refractivity (Wildman–Crippen MR) is 67.4 cm³/mol. The van der Waals surface area contributed by atoms with Crippen LogP contribution in [0, 0.1) is 11.8 Å². The number of furan rings is 1. The summed E-state index contributed by atoms with van der Waals surface area (Å²) in [6.45, 7) is 0.405. The first-order valence-corrected chi connectivity index (χ1v) is 6.21. The van der Waals surface area contributed by atoms with Crippen molar-refractivity contribution < 1.29 is 19.1 Å². The van der Waals surface area contributed by atoms with Gasteiger partial charge in [0.1, 0.15) is 5.76 Å². The molecule has 0 aromatic carbocycles. The van der Waals surface area contributed by atoms with E-state index in [9.17, 15) is 9.59 Å². The molecule has 6 nitrogen and oxygen atoms in total. The van der Waals surface area contributed by atoms with Gasteiger partial charge in [-0.25, -0.2) is 0 Å². The Labute approximate surface area is 111 Å². The molecule has 0 radical (unpaired) electrons. The minimum Gasteiger partial charge on any atom is -0.481 e. The lowest BCUT2D eigenvalue weighted by Crippen LogP contribution is -2.35. The van der Waals surface area contributed by atoms with Crippen LogP contribution in [0.2, 0.25) is 0 Å². The molecule has 2 N–H and O–H groups in total. The molecule has 1 aromatic rings. The number of carbonyl (C=O) groups excluding carboxylic acids is 1. The Bertz CT molecular complexity index is 455. The summed E-state index contributed by atoms with van der Waals surface area (Å²) in [7, 11) is 3.80. The van der Waals surface area contributed by atoms with Crippen LogP contribution in [-0.2, 0) is 9.59 Å². The third-order valence-electron chi connectivity index (χ3n) is 3.41. The fourth-order valence-corrected chi connectivity index (χ4v) is 2.10. The summed E-state index contributed by atoms with van der Waals surface area (Å²) in [5.41, 5.74) is 0. The zero-order chi connectivity index (χ0) is 14.0. The fraction of sp³-hybridized carbons (Fsp3) is 0.538. The molecule has 1 aromatic heterocycles. The number of hydrogen-bond acceptors (Lipinski definition) is 4. The highest BCUT2D eigenvalue weighted by Gasteiger charge is 2.48. The van der Waals surface area contributed by atoms with Gasteiger partial charge in [-0.2, -0.15) is 0 Å². The Balaban J connectivity index is 1.87. The average molecular weight is 266 g/mol. The maximum atomic E-state index is 11.8. The molecule has 1 saturated carbocycles. The van der Waals surface area contributed by atoms with E-state index in [4.69, 9.17) is 9.52 Å². The van der Waals surface area contributed by atoms with Crippen molar-refractivity contribution in [3.63, 3.8) is 0 Å². The van der Waals surface area contributed by atoms with Crippen LogP contribution < -0.4 is 5.32 Å². The third kappa shape index (κ3) is 3.14. The van der Waals surface area contributed by atoms with Gasteiger partial charge in [-0.15, -0.1) is 0 Å². The van der Waals surface area contributed by atoms with Gasteiger partial charge in [0.2, 0.25) is 5.91 Å². The Morgan fingerprint density at radius 3 is 2.74 bits per heavy atom. The van der Waals surface area contributed by atoms with E-state index in [0.29, 0.717) is 13.0 Å². The molecule has 0 spiro atoms. The van der Waals surface area contributed by atoms with Crippen molar-refractivity contribution in [2.45, 2.75) is 12.5 Å². The Morgan fingerprint density at radius 2 is 2.26 bits per heavy atom. The normalized spacial score (nSPS) is 23.1. The summed E-state index contributed by atoms with van der Waals surface area (Å²) in [5, 5.41) is 11.6. The smallest absolute Gasteiger partial charge is 0.307 e. The Morgan fingerprint density at radius 1 is 1.53 bits per heavy atom. The molecule has 6 heteroatoms. The molecule has 1 aliphatic rings. The zero-order valence-corrected chi connectivity index (χ0v) is 11.0. The lowest BCUT2D eigenvalue weighted by molar-refractivity contribution is -0.140. The van der Waals surface area contributed by atoms with Crippen LogP contribution in [0.5, 0.6) is 0 Å². The third-order valence-corrected chi connectivity index (χ3v) is 3.41. The molecule has 3 atom stereocenters. The lowest BCUT2D eigenvalue weighted by atomic mass is 10.2. The van der Waals surface area contributed by atoms with Gasteiger partial charge in [0.05, 0.1) is 24.1 Å². The first-order valence-electron chi connectivity index (χ1n) is 6.21. The van der Waals surface area contributed by atoms with E-state index in [1.54, 1.807) is 12.3 Å². The van der Waals surface area contributed by atoms with Crippen LogP contribution in [-0.4, -0.2) is 42.5 Å². The van der Waals surface area contributed by atoms with Crippen molar-refractivity contribution in [3.8, 4) is 0 Å². The maximum Gasteiger partial charge on any atom is 0.307 e. The highest BCUT2D eigenvalue weighted by atomic mass is 16.4. The quantitative estimate of drug-likeness (QED) is 0.792. The van der Waals surface area contributed by atoms with E-state index >= 15 is 0 Å². The highest BCUT2D eigenvalue weighted by Crippen LogP contribution is 2.38. The van der Waals surface area contributed by atoms with E-state index < -0.39 is 11.9 Å². The van der Waals surface area contributed by atoms with Gasteiger partial charge in [-0.1, -0.05) is 0 Å². The molecule has 1 heterocycles. The first kappa shape index (κ1) is 13.6. The molecule has 1 fully saturated rings. The Kier molecular flexibility index (Phi) is 3.90. The van der Waals surface area contributed by atoms with Gasteiger partial charge < -0.3 is 14.8 Å². The number of rotatable bonds is 6. The molecular weight excluding hydrogens is 248 g/mol. The summed E-state index contributed by atoms with van der Waals surface area (Å²) in [4.78, 5) is 24.4. The van der Waals surface area contributed by atoms with E-state index in [2.05, 4.69) is 5.32 Å². The number of aliphatic carboxylic acids is 1. The largest absolute Gasteiger partial charge is 0.481 e. The van der Waals surface area contributed by atoms with Gasteiger partial charge in [-0.3, -0.25) is 14.5 Å². The summed E-state index contributed by atoms with van der Waals surface area (Å²) in [6.07, 6.45) is 2.03. The second kappa shape index (κ2) is 5.44. The molecule has 3 unspecified atom stereocenters. The van der Waals surface area contributed by atoms with Crippen LogP contribution >= 0.6 is 0 Å². The monoisotopic (exact) mass is 266 g/mol. The number of nitrogens with zero attached hydrogens (tertiary/aromatic N) is 1. The van der Waals surface area contributed by atoms with E-state index in [0.717, 1.165) is 5.76 Å². The molecular formula is C13H18N2O4. The van der Waals surface area contributed by atoms with E-state index in [1.807, 2.05) is 25.1 Å². The molecule has 0 aliphatic heterocycles. The van der Waals surface area contributed by atoms with Crippen LogP contribution in [0.3, 0.4) is 0 Å². The van der Waals surface area contributed by atoms with Crippen molar-refractivity contribution in [3.05, 3.63) is 24.2 Å². The maximum absolute atomic E-state index is 11.8. The first-order chi connectivity index (χ1) is 9.00. The number of carboxylic acids is 1. The molecule has 0 bridgehead atoms. The summed E-state index contributed by atoms with van der Waals surface area (Å²) < 4.78 is 5.34. The van der Waals surface area contributed by atoms with Crippen LogP contribution in [0.1, 0.15) is 18.2 Å². The van der Waals surface area contributed by atoms with Gasteiger partial charge in [-0.05, 0) is 32.6 Å². The van der Waals surface area contributed by atoms with Crippen LogP contribution in [0.25, 0.3) is 0 Å². The van der Waals surface area contributed by atoms with E-state index in [1.165, 1.54) is 0 Å². The molecule has 1 amide bonds. The van der Waals surface area contributed by atoms with Gasteiger partial charge in [0.25, 0.3) is 0 Å². The number of carbonyl (C=O) groups is 2. The van der Waals surface area contributed by atoms with Crippen molar-refractivity contribution in [2.75, 3.05) is 20.6 Å². The number of amides is 1. The lowest BCUT2D eigenvalue weighted by Gasteiger charge is -2.22. The molecule has 104 valence electrons. The fourth-order valence-electron chi connectivity index (χ4n) is 2.10. The minimum atomic E-state index is -0.893. The van der Waals surface area contributed by atoms with Crippen molar-refractivity contribution in [1.29, 1.82) is 0 Å². The molecule has 2 rings (SSSR count). The summed E-state index contributed by atoms with van der Waals surface area (Å²) in [6, 6.07) is 3.60. The van der Waals surface area contributed by atoms with Gasteiger partial charge in [0.15, 0.2) is 0 Å². The predicted octanol–water partition coefficient (Wildman–Crippen LogP) is 0.719. The zero-order valence-electron chi connectivity index (χ0n) is 11.0. The van der Waals surface area contributed by atoms with Gasteiger partial charge in [0, 0.05) is 6.54 Å². The van der Waals surface area contributed by atoms with Crippen molar-refractivity contribution in [2.24, 2.45) is 11.8 Å². The second-order valence-electron chi connectivity index (χ2n) is 5.03. The van der Waals surface area contributed by atoms with Crippen LogP contribution in [0.4, 0.5) is 0 Å². The van der Waals surface area contributed by atoms with Crippen molar-refractivity contribution in [1.82, 2.24) is 10.2 Å². The number of carboxylic acid groups (broad SMARTS) is 1. The highest BCUT2D eigenvalue weighted by molar-refractivity contribution is 5.89. The van der Waals surface area contributed by atoms with E-state index in [-0.39, 0.29) is 17.9 Å². The minimum absolute atomic E-state index is 0.0546. The Hall–Kier alpha value is -1.82. The van der Waals surface area contributed by atoms with Gasteiger partial charge >= 0.3 is 5.97 Å². The molecule has 1 aliphatic carbocycles. The summed E-state index contributed by atoms with van der Waals surface area (Å²) in [5.74, 6) is -1.20.